The van der Waals surface area contributed by atoms with Crippen molar-refractivity contribution in [3.05, 3.63) is 161 Å². The highest BCUT2D eigenvalue weighted by atomic mass is 31.2. The highest BCUT2D eigenvalue weighted by molar-refractivity contribution is 7.44. The molecule has 3 aromatic heterocycles. The summed E-state index contributed by atoms with van der Waals surface area (Å²) in [5, 5.41) is 21.0. The molecular formula is C58H69N10O10P. The van der Waals surface area contributed by atoms with Crippen molar-refractivity contribution in [2.45, 2.75) is 110 Å². The van der Waals surface area contributed by atoms with Crippen LogP contribution in [0.3, 0.4) is 0 Å². The van der Waals surface area contributed by atoms with Crippen molar-refractivity contribution in [1.82, 2.24) is 33.7 Å². The number of nitro benzene ring substituents is 1. The lowest BCUT2D eigenvalue weighted by atomic mass is 9.80. The molecule has 0 saturated carbocycles. The number of nitriles is 1. The molecule has 1 saturated heterocycles. The molecule has 4 aromatic carbocycles. The lowest BCUT2D eigenvalue weighted by molar-refractivity contribution is -0.384. The van der Waals surface area contributed by atoms with Crippen LogP contribution in [-0.2, 0) is 41.9 Å². The van der Waals surface area contributed by atoms with Crippen LogP contribution in [0.2, 0.25) is 0 Å². The van der Waals surface area contributed by atoms with Gasteiger partial charge in [-0.25, -0.2) is 14.6 Å². The molecule has 4 heterocycles. The molecule has 4 atom stereocenters. The molecule has 0 N–H and O–H groups in total. The summed E-state index contributed by atoms with van der Waals surface area (Å²) in [5.41, 5.74) is 2.82. The molecule has 1 aliphatic heterocycles. The largest absolute Gasteiger partial charge is 0.497 e. The Hall–Kier alpha value is -7.37. The number of fused-ring (bicyclic) bond motifs is 1. The second-order valence-electron chi connectivity index (χ2n) is 19.8. The van der Waals surface area contributed by atoms with Gasteiger partial charge in [0.25, 0.3) is 14.2 Å². The number of nitro groups is 1. The molecule has 0 aliphatic carbocycles. The Kier molecular flexibility index (Phi) is 19.7. The van der Waals surface area contributed by atoms with Crippen molar-refractivity contribution in [2.24, 2.45) is 5.92 Å². The Labute approximate surface area is 462 Å². The van der Waals surface area contributed by atoms with Crippen LogP contribution >= 0.6 is 8.53 Å². The van der Waals surface area contributed by atoms with Gasteiger partial charge in [-0.05, 0) is 80.6 Å². The van der Waals surface area contributed by atoms with Gasteiger partial charge >= 0.3 is 0 Å². The van der Waals surface area contributed by atoms with Gasteiger partial charge in [0.15, 0.2) is 11.2 Å². The van der Waals surface area contributed by atoms with Gasteiger partial charge in [0.1, 0.15) is 29.4 Å². The SMILES string of the molecule is COc1ccc(C(OC[C@H]2O[C@@H](n3cnc4c(OCCc5ccc([N+](=O)[O-])cc5)nc(N(CCCn5ccnc5)C(=O)C(C)C)nc43)C[C@@H]2OP(OCCC#N)N(C(C)C)C(C)C)(c2ccccc2)c2ccc(OC)cc2)cc1. The summed E-state index contributed by atoms with van der Waals surface area (Å²) < 4.78 is 52.1. The number of aryl methyl sites for hydroxylation is 1. The summed E-state index contributed by atoms with van der Waals surface area (Å²) in [6, 6.07) is 34.2. The Morgan fingerprint density at radius 2 is 1.54 bits per heavy atom. The second kappa shape index (κ2) is 27.0. The number of nitrogens with zero attached hydrogens (tertiary/aromatic N) is 10. The van der Waals surface area contributed by atoms with E-state index in [9.17, 15) is 20.2 Å². The zero-order valence-electron chi connectivity index (χ0n) is 46.0. The number of methoxy groups -OCH3 is 2. The van der Waals surface area contributed by atoms with Crippen LogP contribution in [0.4, 0.5) is 11.6 Å². The normalized spacial score (nSPS) is 16.0. The first kappa shape index (κ1) is 57.8. The van der Waals surface area contributed by atoms with E-state index in [0.29, 0.717) is 42.0 Å². The number of anilines is 1. The summed E-state index contributed by atoms with van der Waals surface area (Å²) in [6.07, 6.45) is 6.20. The third-order valence-electron chi connectivity index (χ3n) is 13.5. The van der Waals surface area contributed by atoms with Crippen LogP contribution in [0, 0.1) is 27.4 Å². The molecule has 0 radical (unpaired) electrons. The number of hydrogen-bond donors (Lipinski definition) is 0. The molecule has 20 nitrogen and oxygen atoms in total. The van der Waals surface area contributed by atoms with Gasteiger partial charge in [0.2, 0.25) is 17.7 Å². The smallest absolute Gasteiger partial charge is 0.269 e. The van der Waals surface area contributed by atoms with Crippen LogP contribution in [0.1, 0.15) is 89.3 Å². The molecule has 21 heteroatoms. The molecule has 416 valence electrons. The molecular weight excluding hydrogens is 1030 g/mol. The van der Waals surface area contributed by atoms with Crippen molar-refractivity contribution in [2.75, 3.05) is 45.5 Å². The lowest BCUT2D eigenvalue weighted by Gasteiger charge is -2.39. The van der Waals surface area contributed by atoms with E-state index < -0.39 is 43.4 Å². The maximum Gasteiger partial charge on any atom is 0.269 e. The lowest BCUT2D eigenvalue weighted by Crippen LogP contribution is -2.39. The summed E-state index contributed by atoms with van der Waals surface area (Å²) >= 11 is 0. The molecule has 79 heavy (non-hydrogen) atoms. The van der Waals surface area contributed by atoms with Crippen LogP contribution in [-0.4, -0.2) is 109 Å². The topological polar surface area (TPSA) is 217 Å². The van der Waals surface area contributed by atoms with E-state index in [-0.39, 0.29) is 74.7 Å². The third kappa shape index (κ3) is 13.7. The van der Waals surface area contributed by atoms with Crippen LogP contribution < -0.4 is 19.1 Å². The molecule has 8 rings (SSSR count). The molecule has 0 bridgehead atoms. The van der Waals surface area contributed by atoms with E-state index in [2.05, 4.69) is 43.4 Å². The maximum atomic E-state index is 14.2. The van der Waals surface area contributed by atoms with E-state index in [1.807, 2.05) is 108 Å². The minimum absolute atomic E-state index is 0.0102. The fourth-order valence-corrected chi connectivity index (χ4v) is 11.4. The van der Waals surface area contributed by atoms with E-state index >= 15 is 0 Å². The van der Waals surface area contributed by atoms with Crippen molar-refractivity contribution < 1.29 is 42.4 Å². The van der Waals surface area contributed by atoms with Crippen molar-refractivity contribution in [1.29, 1.82) is 5.26 Å². The van der Waals surface area contributed by atoms with E-state index in [1.54, 1.807) is 50.1 Å². The second-order valence-corrected chi connectivity index (χ2v) is 21.3. The van der Waals surface area contributed by atoms with Gasteiger partial charge in [-0.1, -0.05) is 80.6 Å². The number of aromatic nitrogens is 6. The number of benzene rings is 4. The van der Waals surface area contributed by atoms with Gasteiger partial charge in [0, 0.05) is 68.5 Å². The average molecular weight is 1100 g/mol. The zero-order chi connectivity index (χ0) is 56.1. The number of carbonyl (C=O) groups is 1. The van der Waals surface area contributed by atoms with Gasteiger partial charge in [-0.3, -0.25) is 24.4 Å². The van der Waals surface area contributed by atoms with Gasteiger partial charge in [0.05, 0.1) is 70.2 Å². The molecule has 7 aromatic rings. The van der Waals surface area contributed by atoms with E-state index in [4.69, 9.17) is 47.7 Å². The Morgan fingerprint density at radius 3 is 2.13 bits per heavy atom. The van der Waals surface area contributed by atoms with Gasteiger partial charge in [-0.2, -0.15) is 15.2 Å². The third-order valence-corrected chi connectivity index (χ3v) is 15.7. The standard InChI is InChI=1S/C58H69N10O10P/c1-40(2)56(69)65(32-13-31-64-33-30-60-38-64)57-62-54-53(55(63-57)74-35-28-43-16-22-47(23-17-43)68(70)71)61-39-66(54)52-36-50(78-79(76-34-12-29-59)67(41(3)4)42(5)6)51(77-52)37-75-58(44-14-10-9-11-15-44,45-18-24-48(72-7)25-19-45)46-20-26-49(73-8)27-21-46/h9-11,14-27,30,33,38-42,50-52H,12-13,28,31-32,34-37H2,1-8H3/t50-,51+,52+,79?/m0/s1. The van der Waals surface area contributed by atoms with Gasteiger partial charge in [-0.15, -0.1) is 0 Å². The summed E-state index contributed by atoms with van der Waals surface area (Å²) in [7, 11) is 1.50. The number of carbonyl (C=O) groups excluding carboxylic acids is 1. The summed E-state index contributed by atoms with van der Waals surface area (Å²) in [4.78, 5) is 45.8. The summed E-state index contributed by atoms with van der Waals surface area (Å²) in [5.74, 6) is 1.05. The number of ether oxygens (including phenoxy) is 5. The minimum Gasteiger partial charge on any atom is -0.497 e. The molecule has 1 fully saturated rings. The quantitative estimate of drug-likeness (QED) is 0.0146. The number of amides is 1. The molecule has 1 amide bonds. The minimum atomic E-state index is -1.76. The Balaban J connectivity index is 1.22. The Morgan fingerprint density at radius 1 is 0.886 bits per heavy atom. The zero-order valence-corrected chi connectivity index (χ0v) is 46.8. The average Bonchev–Trinajstić information content (AvgIpc) is 4.45. The summed E-state index contributed by atoms with van der Waals surface area (Å²) in [6.45, 7) is 13.2. The Bertz CT molecular complexity index is 3050. The van der Waals surface area contributed by atoms with Crippen LogP contribution in [0.15, 0.2) is 128 Å². The number of non-ortho nitro benzene ring substituents is 1. The predicted molar refractivity (Wildman–Crippen MR) is 299 cm³/mol. The highest BCUT2D eigenvalue weighted by Gasteiger charge is 2.45. The highest BCUT2D eigenvalue weighted by Crippen LogP contribution is 2.51. The number of imidazole rings is 2. The predicted octanol–water partition coefficient (Wildman–Crippen LogP) is 10.6. The van der Waals surface area contributed by atoms with Crippen molar-refractivity contribution >= 4 is 37.2 Å². The fourth-order valence-electron chi connectivity index (χ4n) is 9.64. The first-order valence-corrected chi connectivity index (χ1v) is 27.6. The number of rotatable bonds is 28. The first-order valence-electron chi connectivity index (χ1n) is 26.5. The van der Waals surface area contributed by atoms with Crippen LogP contribution in [0.5, 0.6) is 17.4 Å². The maximum absolute atomic E-state index is 14.2. The molecule has 1 unspecified atom stereocenters. The number of hydrogen-bond acceptors (Lipinski definition) is 16. The van der Waals surface area contributed by atoms with Gasteiger partial charge < -0.3 is 37.3 Å². The fraction of sp³-hybridized carbons (Fsp3) is 0.414. The molecule has 0 spiro atoms. The first-order chi connectivity index (χ1) is 38.2. The van der Waals surface area contributed by atoms with Crippen molar-refractivity contribution in [3.8, 4) is 23.4 Å². The van der Waals surface area contributed by atoms with Crippen LogP contribution in [0.25, 0.3) is 11.2 Å². The van der Waals surface area contributed by atoms with Crippen molar-refractivity contribution in [3.63, 3.8) is 0 Å². The monoisotopic (exact) mass is 1100 g/mol. The molecule has 1 aliphatic rings. The van der Waals surface area contributed by atoms with E-state index in [1.165, 1.54) is 12.1 Å². The van der Waals surface area contributed by atoms with E-state index in [0.717, 1.165) is 22.3 Å².